The van der Waals surface area contributed by atoms with Gasteiger partial charge in [0.15, 0.2) is 0 Å². The minimum Gasteiger partial charge on any atom is -0.341 e. The minimum absolute atomic E-state index is 0.124. The standard InChI is InChI=1S/C21H23BrF2N2O/c1-20(23,24)16-9-10-17(18(22)13-16)19(27)25-21(11-6-12-26(2)14-21)15-7-4-3-5-8-15/h3-5,7-10,13H,6,11-12,14H2,1-2H3,(H,25,27). The summed E-state index contributed by atoms with van der Waals surface area (Å²) in [6.45, 7) is 2.52. The van der Waals surface area contributed by atoms with E-state index < -0.39 is 11.5 Å². The molecule has 2 aromatic rings. The van der Waals surface area contributed by atoms with Crippen LogP contribution in [0, 0.1) is 0 Å². The molecule has 1 fully saturated rings. The van der Waals surface area contributed by atoms with E-state index in [1.165, 1.54) is 18.2 Å². The van der Waals surface area contributed by atoms with Gasteiger partial charge in [0.05, 0.1) is 11.1 Å². The van der Waals surface area contributed by atoms with Crippen molar-refractivity contribution in [3.8, 4) is 0 Å². The number of hydrogen-bond acceptors (Lipinski definition) is 2. The molecule has 1 amide bonds. The van der Waals surface area contributed by atoms with Crippen LogP contribution in [-0.4, -0.2) is 30.9 Å². The molecule has 0 aliphatic carbocycles. The van der Waals surface area contributed by atoms with Crippen molar-refractivity contribution in [3.05, 3.63) is 69.7 Å². The SMILES string of the molecule is CN1CCCC(NC(=O)c2ccc(C(C)(F)F)cc2Br)(c2ccccc2)C1. The Morgan fingerprint density at radius 3 is 2.52 bits per heavy atom. The third-order valence-electron chi connectivity index (χ3n) is 5.08. The molecule has 0 spiro atoms. The largest absolute Gasteiger partial charge is 0.341 e. The molecule has 3 nitrogen and oxygen atoms in total. The van der Waals surface area contributed by atoms with E-state index in [1.807, 2.05) is 37.4 Å². The summed E-state index contributed by atoms with van der Waals surface area (Å²) in [4.78, 5) is 15.2. The normalized spacial score (nSPS) is 21.1. The molecule has 1 unspecified atom stereocenters. The van der Waals surface area contributed by atoms with Crippen LogP contribution in [0.1, 0.15) is 41.3 Å². The van der Waals surface area contributed by atoms with E-state index in [9.17, 15) is 13.6 Å². The van der Waals surface area contributed by atoms with E-state index in [4.69, 9.17) is 0 Å². The summed E-state index contributed by atoms with van der Waals surface area (Å²) in [5.41, 5.74) is 0.781. The average Bonchev–Trinajstić information content (AvgIpc) is 2.61. The fourth-order valence-electron chi connectivity index (χ4n) is 3.69. The number of carbonyl (C=O) groups is 1. The lowest BCUT2D eigenvalue weighted by Crippen LogP contribution is -2.55. The van der Waals surface area contributed by atoms with Gasteiger partial charge in [-0.3, -0.25) is 4.79 Å². The van der Waals surface area contributed by atoms with Gasteiger partial charge >= 0.3 is 0 Å². The zero-order valence-corrected chi connectivity index (χ0v) is 17.0. The van der Waals surface area contributed by atoms with E-state index in [0.717, 1.165) is 31.9 Å². The van der Waals surface area contributed by atoms with Gasteiger partial charge in [0.1, 0.15) is 0 Å². The van der Waals surface area contributed by atoms with Gasteiger partial charge < -0.3 is 10.2 Å². The smallest absolute Gasteiger partial charge is 0.270 e. The van der Waals surface area contributed by atoms with Gasteiger partial charge in [-0.25, -0.2) is 8.78 Å². The fraction of sp³-hybridized carbons (Fsp3) is 0.381. The van der Waals surface area contributed by atoms with Crippen molar-refractivity contribution in [2.24, 2.45) is 0 Å². The van der Waals surface area contributed by atoms with Crippen LogP contribution in [0.4, 0.5) is 8.78 Å². The van der Waals surface area contributed by atoms with Crippen LogP contribution < -0.4 is 5.32 Å². The minimum atomic E-state index is -2.95. The Bertz CT molecular complexity index is 823. The number of benzene rings is 2. The Labute approximate surface area is 166 Å². The second-order valence-electron chi connectivity index (χ2n) is 7.33. The fourth-order valence-corrected chi connectivity index (χ4v) is 4.25. The van der Waals surface area contributed by atoms with Crippen LogP contribution in [0.2, 0.25) is 0 Å². The van der Waals surface area contributed by atoms with Crippen molar-refractivity contribution in [3.63, 3.8) is 0 Å². The first-order chi connectivity index (χ1) is 12.7. The van der Waals surface area contributed by atoms with E-state index >= 15 is 0 Å². The molecule has 1 atom stereocenters. The van der Waals surface area contributed by atoms with Crippen molar-refractivity contribution in [1.29, 1.82) is 0 Å². The summed E-state index contributed by atoms with van der Waals surface area (Å²) >= 11 is 3.29. The van der Waals surface area contributed by atoms with Gasteiger partial charge in [-0.05, 0) is 60.1 Å². The van der Waals surface area contributed by atoms with Gasteiger partial charge in [0, 0.05) is 23.5 Å². The van der Waals surface area contributed by atoms with Gasteiger partial charge in [-0.2, -0.15) is 0 Å². The molecule has 1 N–H and O–H groups in total. The van der Waals surface area contributed by atoms with Crippen molar-refractivity contribution >= 4 is 21.8 Å². The van der Waals surface area contributed by atoms with Gasteiger partial charge in [0.2, 0.25) is 0 Å². The van der Waals surface area contributed by atoms with Crippen molar-refractivity contribution in [1.82, 2.24) is 10.2 Å². The lowest BCUT2D eigenvalue weighted by atomic mass is 9.82. The molecule has 0 radical (unpaired) electrons. The zero-order chi connectivity index (χ0) is 19.7. The second-order valence-corrected chi connectivity index (χ2v) is 8.18. The molecular formula is C21H23BrF2N2O. The molecule has 1 heterocycles. The first-order valence-electron chi connectivity index (χ1n) is 8.96. The molecule has 6 heteroatoms. The Kier molecular flexibility index (Phi) is 5.68. The summed E-state index contributed by atoms with van der Waals surface area (Å²) < 4.78 is 27.4. The van der Waals surface area contributed by atoms with E-state index in [0.29, 0.717) is 16.6 Å². The van der Waals surface area contributed by atoms with Crippen LogP contribution in [0.25, 0.3) is 0 Å². The Balaban J connectivity index is 1.92. The van der Waals surface area contributed by atoms with Gasteiger partial charge in [0.25, 0.3) is 11.8 Å². The number of amides is 1. The molecule has 2 aromatic carbocycles. The highest BCUT2D eigenvalue weighted by Crippen LogP contribution is 2.33. The maximum atomic E-state index is 13.5. The van der Waals surface area contributed by atoms with Crippen LogP contribution in [0.5, 0.6) is 0 Å². The van der Waals surface area contributed by atoms with Crippen molar-refractivity contribution in [2.45, 2.75) is 31.2 Å². The lowest BCUT2D eigenvalue weighted by Gasteiger charge is -2.42. The quantitative estimate of drug-likeness (QED) is 0.737. The van der Waals surface area contributed by atoms with E-state index in [1.54, 1.807) is 0 Å². The predicted octanol–water partition coefficient (Wildman–Crippen LogP) is 4.91. The van der Waals surface area contributed by atoms with Gasteiger partial charge in [-0.1, -0.05) is 36.4 Å². The molecule has 27 heavy (non-hydrogen) atoms. The number of carbonyl (C=O) groups excluding carboxylic acids is 1. The highest BCUT2D eigenvalue weighted by molar-refractivity contribution is 9.10. The topological polar surface area (TPSA) is 32.3 Å². The number of halogens is 3. The number of hydrogen-bond donors (Lipinski definition) is 1. The van der Waals surface area contributed by atoms with Crippen LogP contribution in [0.3, 0.4) is 0 Å². The molecule has 0 bridgehead atoms. The highest BCUT2D eigenvalue weighted by atomic mass is 79.9. The third kappa shape index (κ3) is 4.38. The number of nitrogens with zero attached hydrogens (tertiary/aromatic N) is 1. The van der Waals surface area contributed by atoms with E-state index in [-0.39, 0.29) is 11.5 Å². The number of alkyl halides is 2. The van der Waals surface area contributed by atoms with Crippen LogP contribution in [-0.2, 0) is 11.5 Å². The highest BCUT2D eigenvalue weighted by Gasteiger charge is 2.38. The number of rotatable bonds is 4. The lowest BCUT2D eigenvalue weighted by molar-refractivity contribution is 0.0173. The first kappa shape index (κ1) is 20.0. The Morgan fingerprint density at radius 1 is 1.22 bits per heavy atom. The van der Waals surface area contributed by atoms with Crippen molar-refractivity contribution in [2.75, 3.05) is 20.1 Å². The summed E-state index contributed by atoms with van der Waals surface area (Å²) in [6.07, 6.45) is 1.80. The number of likely N-dealkylation sites (N-methyl/N-ethyl adjacent to an activating group) is 1. The third-order valence-corrected chi connectivity index (χ3v) is 5.74. The molecule has 1 aliphatic heterocycles. The Morgan fingerprint density at radius 2 is 1.93 bits per heavy atom. The monoisotopic (exact) mass is 436 g/mol. The van der Waals surface area contributed by atoms with Crippen molar-refractivity contribution < 1.29 is 13.6 Å². The molecule has 0 saturated carbocycles. The molecule has 1 saturated heterocycles. The molecule has 1 aliphatic rings. The van der Waals surface area contributed by atoms with Crippen LogP contribution >= 0.6 is 15.9 Å². The van der Waals surface area contributed by atoms with E-state index in [2.05, 4.69) is 26.1 Å². The predicted molar refractivity (Wildman–Crippen MR) is 106 cm³/mol. The second kappa shape index (κ2) is 7.68. The maximum absolute atomic E-state index is 13.5. The molecule has 3 rings (SSSR count). The van der Waals surface area contributed by atoms with Gasteiger partial charge in [-0.15, -0.1) is 0 Å². The number of likely N-dealkylation sites (tertiary alicyclic amines) is 1. The zero-order valence-electron chi connectivity index (χ0n) is 15.4. The molecule has 0 aromatic heterocycles. The molecule has 144 valence electrons. The summed E-state index contributed by atoms with van der Waals surface area (Å²) in [5.74, 6) is -3.22. The average molecular weight is 437 g/mol. The first-order valence-corrected chi connectivity index (χ1v) is 9.75. The van der Waals surface area contributed by atoms with Crippen LogP contribution in [0.15, 0.2) is 53.0 Å². The summed E-state index contributed by atoms with van der Waals surface area (Å²) in [7, 11) is 2.04. The number of piperidine rings is 1. The summed E-state index contributed by atoms with van der Waals surface area (Å²) in [6, 6.07) is 14.0. The molecular weight excluding hydrogens is 414 g/mol. The summed E-state index contributed by atoms with van der Waals surface area (Å²) in [5, 5.41) is 3.20. The maximum Gasteiger partial charge on any atom is 0.270 e. The number of nitrogens with one attached hydrogen (secondary N) is 1. The Hall–Kier alpha value is -1.79.